The maximum atomic E-state index is 13.0. The lowest BCUT2D eigenvalue weighted by molar-refractivity contribution is -0.302. The molecule has 7 atom stereocenters. The lowest BCUT2D eigenvalue weighted by atomic mass is 9.99. The Morgan fingerprint density at radius 2 is 0.954 bits per heavy atom. The Balaban J connectivity index is 2.06. The zero-order valence-corrected chi connectivity index (χ0v) is 42.0. The monoisotopic (exact) mass is 918 g/mol. The first kappa shape index (κ1) is 61.2. The van der Waals surface area contributed by atoms with Crippen LogP contribution >= 0.6 is 0 Å². The predicted octanol–water partition coefficient (Wildman–Crippen LogP) is 13.0. The molecule has 0 aliphatic carbocycles. The van der Waals surface area contributed by atoms with Gasteiger partial charge >= 0.3 is 0 Å². The molecule has 65 heavy (non-hydrogen) atoms. The van der Waals surface area contributed by atoms with E-state index in [0.717, 1.165) is 64.2 Å². The van der Waals surface area contributed by atoms with Crippen LogP contribution in [0.5, 0.6) is 0 Å². The van der Waals surface area contributed by atoms with Crippen LogP contribution in [-0.4, -0.2) is 87.5 Å². The van der Waals surface area contributed by atoms with Gasteiger partial charge in [0.25, 0.3) is 0 Å². The normalized spacial score (nSPS) is 20.3. The SMILES string of the molecule is CC/C=C\C/C=C\C/C=C\C/C=C\CCCCCCCCCCCCCCCCCCCCCCC(=O)NC(COC1OC(CO)C(O)C(O)C1O)C(O)CCCCCCCCCCC. The second-order valence-corrected chi connectivity index (χ2v) is 19.0. The van der Waals surface area contributed by atoms with E-state index in [0.29, 0.717) is 12.8 Å². The minimum Gasteiger partial charge on any atom is -0.394 e. The molecule has 6 N–H and O–H groups in total. The van der Waals surface area contributed by atoms with Crippen LogP contribution in [0.15, 0.2) is 48.6 Å². The van der Waals surface area contributed by atoms with E-state index < -0.39 is 49.5 Å². The number of nitrogens with one attached hydrogen (secondary N) is 1. The first-order chi connectivity index (χ1) is 31.8. The van der Waals surface area contributed by atoms with Crippen LogP contribution in [0.4, 0.5) is 0 Å². The molecule has 0 aromatic heterocycles. The highest BCUT2D eigenvalue weighted by Gasteiger charge is 2.44. The van der Waals surface area contributed by atoms with Gasteiger partial charge in [-0.25, -0.2) is 0 Å². The van der Waals surface area contributed by atoms with Crippen molar-refractivity contribution in [3.63, 3.8) is 0 Å². The van der Waals surface area contributed by atoms with Crippen LogP contribution in [0.25, 0.3) is 0 Å². The average molecular weight is 918 g/mol. The van der Waals surface area contributed by atoms with E-state index in [2.05, 4.69) is 67.8 Å². The summed E-state index contributed by atoms with van der Waals surface area (Å²) in [6, 6.07) is -0.715. The molecule has 0 radical (unpaired) electrons. The van der Waals surface area contributed by atoms with Crippen LogP contribution < -0.4 is 5.32 Å². The summed E-state index contributed by atoms with van der Waals surface area (Å²) < 4.78 is 11.3. The Kier molecular flexibility index (Phi) is 43.2. The van der Waals surface area contributed by atoms with E-state index in [1.807, 2.05) is 0 Å². The lowest BCUT2D eigenvalue weighted by Gasteiger charge is -2.40. The Bertz CT molecular complexity index is 1160. The highest BCUT2D eigenvalue weighted by atomic mass is 16.7. The molecular formula is C56H103NO8. The first-order valence-corrected chi connectivity index (χ1v) is 27.3. The quantitative estimate of drug-likeness (QED) is 0.0261. The third-order valence-electron chi connectivity index (χ3n) is 12.9. The maximum absolute atomic E-state index is 13.0. The van der Waals surface area contributed by atoms with E-state index >= 15 is 0 Å². The van der Waals surface area contributed by atoms with Crippen LogP contribution in [-0.2, 0) is 14.3 Å². The highest BCUT2D eigenvalue weighted by molar-refractivity contribution is 5.76. The summed E-state index contributed by atoms with van der Waals surface area (Å²) >= 11 is 0. The zero-order valence-electron chi connectivity index (χ0n) is 42.0. The second kappa shape index (κ2) is 45.9. The van der Waals surface area contributed by atoms with Crippen molar-refractivity contribution in [1.82, 2.24) is 5.32 Å². The Labute approximate surface area is 399 Å². The number of amides is 1. The number of hydrogen-bond donors (Lipinski definition) is 6. The minimum absolute atomic E-state index is 0.136. The van der Waals surface area contributed by atoms with Gasteiger partial charge in [0.05, 0.1) is 25.4 Å². The molecule has 0 saturated carbocycles. The van der Waals surface area contributed by atoms with Crippen LogP contribution in [0, 0.1) is 0 Å². The third kappa shape index (κ3) is 35.9. The number of allylic oxidation sites excluding steroid dienone is 8. The zero-order chi connectivity index (χ0) is 47.3. The molecule has 7 unspecified atom stereocenters. The fraction of sp³-hybridized carbons (Fsp3) is 0.839. The van der Waals surface area contributed by atoms with Gasteiger partial charge in [0.2, 0.25) is 5.91 Å². The first-order valence-electron chi connectivity index (χ1n) is 27.3. The number of unbranched alkanes of at least 4 members (excludes halogenated alkanes) is 28. The summed E-state index contributed by atoms with van der Waals surface area (Å²) in [5.74, 6) is -0.145. The van der Waals surface area contributed by atoms with Crippen LogP contribution in [0.1, 0.15) is 245 Å². The topological polar surface area (TPSA) is 149 Å². The lowest BCUT2D eigenvalue weighted by Crippen LogP contribution is -2.60. The summed E-state index contributed by atoms with van der Waals surface area (Å²) in [5, 5.41) is 54.3. The predicted molar refractivity (Wildman–Crippen MR) is 272 cm³/mol. The molecular weight excluding hydrogens is 815 g/mol. The molecule has 1 aliphatic heterocycles. The summed E-state index contributed by atoms with van der Waals surface area (Å²) in [5.41, 5.74) is 0. The standard InChI is InChI=1S/C56H103NO8/c1-3-5-7-9-11-13-14-15-16-17-18-19-20-21-22-23-24-25-26-27-28-29-30-31-32-33-34-35-36-38-40-42-44-46-52(60)57-49(50(59)45-43-41-39-37-12-10-8-6-4-2)48-64-56-55(63)54(62)53(61)51(47-58)65-56/h5,7,11,13,15-16,18-19,49-51,53-56,58-59,61-63H,3-4,6,8-10,12,14,17,20-48H2,1-2H3,(H,57,60)/b7-5-,13-11-,16-15-,19-18-. The van der Waals surface area contributed by atoms with Gasteiger partial charge < -0.3 is 40.3 Å². The molecule has 1 fully saturated rings. The molecule has 0 spiro atoms. The maximum Gasteiger partial charge on any atom is 0.220 e. The molecule has 1 saturated heterocycles. The molecule has 1 aliphatic rings. The third-order valence-corrected chi connectivity index (χ3v) is 12.9. The van der Waals surface area contributed by atoms with Crippen molar-refractivity contribution in [3.05, 3.63) is 48.6 Å². The van der Waals surface area contributed by atoms with Gasteiger partial charge in [0.15, 0.2) is 6.29 Å². The van der Waals surface area contributed by atoms with E-state index in [1.165, 1.54) is 154 Å². The number of aliphatic hydroxyl groups excluding tert-OH is 5. The summed E-state index contributed by atoms with van der Waals surface area (Å²) in [7, 11) is 0. The number of rotatable bonds is 46. The number of aliphatic hydroxyl groups is 5. The van der Waals surface area contributed by atoms with Gasteiger partial charge in [0, 0.05) is 6.42 Å². The van der Waals surface area contributed by atoms with Gasteiger partial charge in [0.1, 0.15) is 24.4 Å². The molecule has 380 valence electrons. The number of ether oxygens (including phenoxy) is 2. The van der Waals surface area contributed by atoms with E-state index in [9.17, 15) is 30.3 Å². The van der Waals surface area contributed by atoms with Crippen molar-refractivity contribution in [1.29, 1.82) is 0 Å². The smallest absolute Gasteiger partial charge is 0.220 e. The molecule has 1 amide bonds. The Morgan fingerprint density at radius 3 is 1.42 bits per heavy atom. The number of carbonyl (C=O) groups is 1. The highest BCUT2D eigenvalue weighted by Crippen LogP contribution is 2.23. The average Bonchev–Trinajstić information content (AvgIpc) is 3.31. The molecule has 9 heteroatoms. The molecule has 9 nitrogen and oxygen atoms in total. The van der Waals surface area contributed by atoms with Gasteiger partial charge in [-0.1, -0.05) is 236 Å². The minimum atomic E-state index is -1.55. The molecule has 0 bridgehead atoms. The molecule has 1 rings (SSSR count). The van der Waals surface area contributed by atoms with Crippen LogP contribution in [0.3, 0.4) is 0 Å². The van der Waals surface area contributed by atoms with Crippen LogP contribution in [0.2, 0.25) is 0 Å². The molecule has 1 heterocycles. The van der Waals surface area contributed by atoms with E-state index in [-0.39, 0.29) is 12.5 Å². The van der Waals surface area contributed by atoms with Crippen molar-refractivity contribution < 1.29 is 39.8 Å². The van der Waals surface area contributed by atoms with Crippen molar-refractivity contribution >= 4 is 5.91 Å². The fourth-order valence-electron chi connectivity index (χ4n) is 8.62. The van der Waals surface area contributed by atoms with E-state index in [1.54, 1.807) is 0 Å². The fourth-order valence-corrected chi connectivity index (χ4v) is 8.62. The Morgan fingerprint density at radius 1 is 0.538 bits per heavy atom. The van der Waals surface area contributed by atoms with Crippen molar-refractivity contribution in [2.45, 2.75) is 288 Å². The second-order valence-electron chi connectivity index (χ2n) is 19.0. The summed E-state index contributed by atoms with van der Waals surface area (Å²) in [6.07, 6.45) is 53.1. The van der Waals surface area contributed by atoms with E-state index in [4.69, 9.17) is 9.47 Å². The summed E-state index contributed by atoms with van der Waals surface area (Å²) in [6.45, 7) is 3.70. The number of carbonyl (C=O) groups excluding carboxylic acids is 1. The largest absolute Gasteiger partial charge is 0.394 e. The van der Waals surface area contributed by atoms with Gasteiger partial charge in [-0.05, 0) is 51.4 Å². The van der Waals surface area contributed by atoms with Gasteiger partial charge in [-0.3, -0.25) is 4.79 Å². The number of hydrogen-bond acceptors (Lipinski definition) is 8. The molecule has 0 aromatic carbocycles. The van der Waals surface area contributed by atoms with Crippen molar-refractivity contribution in [3.8, 4) is 0 Å². The van der Waals surface area contributed by atoms with Gasteiger partial charge in [-0.2, -0.15) is 0 Å². The van der Waals surface area contributed by atoms with Crippen molar-refractivity contribution in [2.75, 3.05) is 13.2 Å². The molecule has 0 aromatic rings. The Hall–Kier alpha value is -1.85. The van der Waals surface area contributed by atoms with Crippen molar-refractivity contribution in [2.24, 2.45) is 0 Å². The van der Waals surface area contributed by atoms with Gasteiger partial charge in [-0.15, -0.1) is 0 Å². The summed E-state index contributed by atoms with van der Waals surface area (Å²) in [4.78, 5) is 13.0.